The molecule has 0 bridgehead atoms. The summed E-state index contributed by atoms with van der Waals surface area (Å²) in [6.45, 7) is 6.40. The van der Waals surface area contributed by atoms with Gasteiger partial charge in [0.05, 0.1) is 0 Å². The average molecular weight is 675 g/mol. The lowest BCUT2D eigenvalue weighted by Gasteiger charge is -2.35. The molecule has 0 amide bonds. The average Bonchev–Trinajstić information content (AvgIpc) is 2.91. The molecule has 2 rings (SSSR count). The molecule has 41 heavy (non-hydrogen) atoms. The van der Waals surface area contributed by atoms with Crippen LogP contribution in [0.25, 0.3) is 0 Å². The van der Waals surface area contributed by atoms with E-state index in [1.54, 1.807) is 19.6 Å². The van der Waals surface area contributed by atoms with Gasteiger partial charge in [0.1, 0.15) is 25.1 Å². The Morgan fingerprint density at radius 2 is 0.659 bits per heavy atom. The molecule has 2 heterocycles. The van der Waals surface area contributed by atoms with Crippen LogP contribution in [-0.4, -0.2) is 185 Å². The van der Waals surface area contributed by atoms with E-state index in [-0.39, 0.29) is 32.2 Å². The van der Waals surface area contributed by atoms with Crippen LogP contribution < -0.4 is 0 Å². The smallest absolute Gasteiger partial charge is 0.324 e. The third kappa shape index (κ3) is 17.4. The Kier molecular flexibility index (Phi) is 14.7. The number of rotatable bonds is 11. The highest BCUT2D eigenvalue weighted by molar-refractivity contribution is 7.52. The zero-order chi connectivity index (χ0) is 31.1. The van der Waals surface area contributed by atoms with Crippen molar-refractivity contribution in [3.05, 3.63) is 0 Å². The van der Waals surface area contributed by atoms with E-state index >= 15 is 0 Å². The molecule has 22 heteroatoms. The maximum Gasteiger partial charge on any atom is 0.339 e. The summed E-state index contributed by atoms with van der Waals surface area (Å²) in [4.78, 5) is 86.5. The van der Waals surface area contributed by atoms with Gasteiger partial charge in [0, 0.05) is 91.1 Å². The van der Waals surface area contributed by atoms with Crippen molar-refractivity contribution < 1.29 is 57.4 Å². The van der Waals surface area contributed by atoms with Crippen LogP contribution in [0.2, 0.25) is 0 Å². The minimum Gasteiger partial charge on any atom is -0.324 e. The van der Waals surface area contributed by atoms with Gasteiger partial charge in [-0.3, -0.25) is 47.7 Å². The fourth-order valence-corrected chi connectivity index (χ4v) is 8.28. The molecule has 0 spiro atoms. The third-order valence-corrected chi connectivity index (χ3v) is 10.1. The van der Waals surface area contributed by atoms with Crippen LogP contribution in [0, 0.1) is 0 Å². The Labute approximate surface area is 240 Å². The number of nitrogens with zero attached hydrogens (tertiary/aromatic N) is 6. The zero-order valence-corrected chi connectivity index (χ0v) is 26.9. The fourth-order valence-electron chi connectivity index (χ4n) is 5.06. The molecular weight excluding hydrogens is 628 g/mol. The Hall–Kier alpha value is 0.360. The molecule has 2 saturated heterocycles. The van der Waals surface area contributed by atoms with Crippen molar-refractivity contribution in [2.75, 3.05) is 110 Å². The summed E-state index contributed by atoms with van der Waals surface area (Å²) in [6, 6.07) is -0.131. The Morgan fingerprint density at radius 1 is 0.439 bits per heavy atom. The number of hydrogen-bond donors (Lipinski definition) is 8. The van der Waals surface area contributed by atoms with Crippen molar-refractivity contribution in [2.24, 2.45) is 0 Å². The van der Waals surface area contributed by atoms with Gasteiger partial charge in [0.15, 0.2) is 0 Å². The van der Waals surface area contributed by atoms with E-state index in [1.165, 1.54) is 0 Å². The normalized spacial score (nSPS) is 23.2. The molecule has 1 atom stereocenters. The molecule has 0 aromatic heterocycles. The Morgan fingerprint density at radius 3 is 0.902 bits per heavy atom. The maximum absolute atomic E-state index is 11.7. The Bertz CT molecular complexity index is 933. The van der Waals surface area contributed by atoms with Crippen molar-refractivity contribution in [1.82, 2.24) is 29.4 Å². The van der Waals surface area contributed by atoms with Crippen molar-refractivity contribution >= 4 is 30.4 Å². The molecule has 2 aliphatic rings. The highest BCUT2D eigenvalue weighted by Crippen LogP contribution is 2.38. The van der Waals surface area contributed by atoms with E-state index in [1.807, 2.05) is 11.8 Å². The van der Waals surface area contributed by atoms with E-state index in [9.17, 15) is 57.4 Å². The van der Waals surface area contributed by atoms with Gasteiger partial charge in [0.25, 0.3) is 0 Å². The molecule has 0 saturated carbocycles. The predicted octanol–water partition coefficient (Wildman–Crippen LogP) is -2.25. The van der Waals surface area contributed by atoms with Crippen LogP contribution in [-0.2, 0) is 18.3 Å². The summed E-state index contributed by atoms with van der Waals surface area (Å²) in [7, 11) is -17.4. The highest BCUT2D eigenvalue weighted by atomic mass is 31.2. The lowest BCUT2D eigenvalue weighted by molar-refractivity contribution is 0.125. The lowest BCUT2D eigenvalue weighted by atomic mass is 10.2. The van der Waals surface area contributed by atoms with Gasteiger partial charge in [-0.25, -0.2) is 0 Å². The first-order valence-corrected chi connectivity index (χ1v) is 20.4. The van der Waals surface area contributed by atoms with Gasteiger partial charge in [0.2, 0.25) is 0 Å². The molecule has 8 N–H and O–H groups in total. The first-order valence-electron chi connectivity index (χ1n) is 13.2. The van der Waals surface area contributed by atoms with Crippen LogP contribution in [0.15, 0.2) is 0 Å². The predicted molar refractivity (Wildman–Crippen MR) is 151 cm³/mol. The van der Waals surface area contributed by atoms with Gasteiger partial charge in [-0.05, 0) is 6.92 Å². The summed E-state index contributed by atoms with van der Waals surface area (Å²) >= 11 is 0. The van der Waals surface area contributed by atoms with Crippen LogP contribution in [0.3, 0.4) is 0 Å². The monoisotopic (exact) mass is 674 g/mol. The highest BCUT2D eigenvalue weighted by Gasteiger charge is 2.29. The second-order valence-electron chi connectivity index (χ2n) is 10.9. The molecule has 1 unspecified atom stereocenters. The molecule has 244 valence electrons. The lowest BCUT2D eigenvalue weighted by Crippen LogP contribution is -2.48. The van der Waals surface area contributed by atoms with Crippen molar-refractivity contribution in [2.45, 2.75) is 13.0 Å². The van der Waals surface area contributed by atoms with Gasteiger partial charge in [-0.2, -0.15) is 0 Å². The first kappa shape index (κ1) is 37.5. The summed E-state index contributed by atoms with van der Waals surface area (Å²) in [5.41, 5.74) is 0. The van der Waals surface area contributed by atoms with E-state index in [0.717, 1.165) is 0 Å². The van der Waals surface area contributed by atoms with Crippen LogP contribution in [0.1, 0.15) is 6.92 Å². The summed E-state index contributed by atoms with van der Waals surface area (Å²) in [5.74, 6) is 0. The van der Waals surface area contributed by atoms with Gasteiger partial charge < -0.3 is 39.1 Å². The standard InChI is InChI=1S/C19H46N6O12P4/c1-19(25-12-10-23(17-40(32,33)34)8-9-24(11-13-25)18-41(35,36)37)14-20-2-4-21(15-38(26,27)28)6-7-22(5-3-20)16-39(29,30)31/h19H,2-18H2,1H3,(H2,26,27,28)(H2,29,30,31)(H2,32,33,34)(H2,35,36,37). The van der Waals surface area contributed by atoms with E-state index < -0.39 is 55.5 Å². The second kappa shape index (κ2) is 16.1. The van der Waals surface area contributed by atoms with E-state index in [0.29, 0.717) is 58.9 Å². The molecule has 2 fully saturated rings. The second-order valence-corrected chi connectivity index (χ2v) is 17.3. The molecule has 0 aromatic carbocycles. The van der Waals surface area contributed by atoms with Crippen molar-refractivity contribution in [3.63, 3.8) is 0 Å². The fraction of sp³-hybridized carbons (Fsp3) is 1.00. The summed E-state index contributed by atoms with van der Waals surface area (Å²) in [6.07, 6.45) is -1.90. The van der Waals surface area contributed by atoms with Crippen molar-refractivity contribution in [1.29, 1.82) is 0 Å². The van der Waals surface area contributed by atoms with Gasteiger partial charge in [-0.1, -0.05) is 0 Å². The molecule has 0 aliphatic carbocycles. The maximum atomic E-state index is 11.7. The number of hydrogen-bond acceptors (Lipinski definition) is 10. The molecule has 0 aromatic rings. The minimum absolute atomic E-state index is 0.131. The SMILES string of the molecule is CC(CN1CCN(CP(=O)(O)O)CCN(CP(=O)(O)O)CC1)N1CCN(CP(=O)(O)O)CCN(CP(=O)(O)O)CC1. The summed E-state index contributed by atoms with van der Waals surface area (Å²) in [5, 5.41) is 0. The topological polar surface area (TPSA) is 250 Å². The van der Waals surface area contributed by atoms with Crippen LogP contribution in [0.4, 0.5) is 0 Å². The molecule has 18 nitrogen and oxygen atoms in total. The largest absolute Gasteiger partial charge is 0.339 e. The third-order valence-electron chi connectivity index (χ3n) is 7.02. The zero-order valence-electron chi connectivity index (χ0n) is 23.3. The molecule has 0 radical (unpaired) electrons. The van der Waals surface area contributed by atoms with Gasteiger partial charge >= 0.3 is 30.4 Å². The minimum atomic E-state index is -4.36. The van der Waals surface area contributed by atoms with E-state index in [4.69, 9.17) is 0 Å². The van der Waals surface area contributed by atoms with Crippen LogP contribution >= 0.6 is 30.4 Å². The quantitative estimate of drug-likeness (QED) is 0.108. The first-order chi connectivity index (χ1) is 18.7. The van der Waals surface area contributed by atoms with Gasteiger partial charge in [-0.15, -0.1) is 0 Å². The molecular formula is C19H46N6O12P4. The van der Waals surface area contributed by atoms with Crippen LogP contribution in [0.5, 0.6) is 0 Å². The summed E-state index contributed by atoms with van der Waals surface area (Å²) < 4.78 is 46.7. The van der Waals surface area contributed by atoms with Crippen molar-refractivity contribution in [3.8, 4) is 0 Å². The molecule has 2 aliphatic heterocycles. The van der Waals surface area contributed by atoms with E-state index in [2.05, 4.69) is 4.90 Å². The Balaban J connectivity index is 2.17.